The number of aromatic nitrogens is 3. The number of nitrogens with zero attached hydrogens (tertiary/aromatic N) is 3. The third kappa shape index (κ3) is 4.69. The van der Waals surface area contributed by atoms with Crippen LogP contribution in [0.25, 0.3) is 22.4 Å². The lowest BCUT2D eigenvalue weighted by molar-refractivity contribution is -0.118. The largest absolute Gasteiger partial charge is 0.431 e. The molecule has 0 aliphatic heterocycles. The summed E-state index contributed by atoms with van der Waals surface area (Å²) in [5.74, 6) is -0.0960. The van der Waals surface area contributed by atoms with Crippen LogP contribution < -0.4 is 5.43 Å². The SMILES string of the molecule is CSc1ccc(-c2[nH]ncc2/C=N/NC(=O)CSc2nc3ccccc3o2)cc1. The van der Waals surface area contributed by atoms with Crippen LogP contribution in [-0.4, -0.2) is 39.3 Å². The van der Waals surface area contributed by atoms with Gasteiger partial charge >= 0.3 is 0 Å². The van der Waals surface area contributed by atoms with Crippen LogP contribution in [0.2, 0.25) is 0 Å². The fourth-order valence-corrected chi connectivity index (χ4v) is 3.67. The first-order chi connectivity index (χ1) is 14.2. The number of rotatable bonds is 7. The van der Waals surface area contributed by atoms with Gasteiger partial charge in [-0.2, -0.15) is 10.2 Å². The Morgan fingerprint density at radius 1 is 1.24 bits per heavy atom. The van der Waals surface area contributed by atoms with Crippen molar-refractivity contribution < 1.29 is 9.21 Å². The number of hydrazone groups is 1. The minimum atomic E-state index is -0.247. The van der Waals surface area contributed by atoms with Crippen LogP contribution >= 0.6 is 23.5 Å². The molecule has 0 radical (unpaired) electrons. The van der Waals surface area contributed by atoms with Gasteiger partial charge in [0.05, 0.1) is 23.9 Å². The minimum Gasteiger partial charge on any atom is -0.431 e. The number of nitrogens with one attached hydrogen (secondary N) is 2. The number of H-pyrrole nitrogens is 1. The van der Waals surface area contributed by atoms with Crippen LogP contribution in [0, 0.1) is 0 Å². The Morgan fingerprint density at radius 3 is 2.86 bits per heavy atom. The van der Waals surface area contributed by atoms with Crippen molar-refractivity contribution >= 4 is 46.7 Å². The summed E-state index contributed by atoms with van der Waals surface area (Å²) in [6.07, 6.45) is 5.28. The van der Waals surface area contributed by atoms with Crippen molar-refractivity contribution in [3.8, 4) is 11.3 Å². The van der Waals surface area contributed by atoms with Crippen molar-refractivity contribution in [2.45, 2.75) is 10.1 Å². The van der Waals surface area contributed by atoms with Crippen molar-refractivity contribution in [3.63, 3.8) is 0 Å². The summed E-state index contributed by atoms with van der Waals surface area (Å²) >= 11 is 2.91. The molecule has 2 aromatic heterocycles. The molecule has 0 fully saturated rings. The zero-order valence-corrected chi connectivity index (χ0v) is 17.1. The Morgan fingerprint density at radius 2 is 2.07 bits per heavy atom. The first-order valence-corrected chi connectivity index (χ1v) is 10.9. The fraction of sp³-hybridized carbons (Fsp3) is 0.100. The minimum absolute atomic E-state index is 0.151. The first kappa shape index (κ1) is 19.3. The topological polar surface area (TPSA) is 96.2 Å². The second-order valence-electron chi connectivity index (χ2n) is 5.96. The van der Waals surface area contributed by atoms with Gasteiger partial charge < -0.3 is 4.42 Å². The molecular weight excluding hydrogens is 406 g/mol. The number of hydrogen-bond acceptors (Lipinski definition) is 7. The van der Waals surface area contributed by atoms with Gasteiger partial charge in [-0.15, -0.1) is 11.8 Å². The van der Waals surface area contributed by atoms with Crippen LogP contribution in [0.4, 0.5) is 0 Å². The number of oxazole rings is 1. The van der Waals surface area contributed by atoms with Crippen molar-refractivity contribution in [1.82, 2.24) is 20.6 Å². The van der Waals surface area contributed by atoms with E-state index in [1.807, 2.05) is 54.8 Å². The van der Waals surface area contributed by atoms with Crippen molar-refractivity contribution in [1.29, 1.82) is 0 Å². The van der Waals surface area contributed by atoms with Crippen LogP contribution in [0.3, 0.4) is 0 Å². The molecule has 0 saturated heterocycles. The molecular formula is C20H17N5O2S2. The first-order valence-electron chi connectivity index (χ1n) is 8.71. The summed E-state index contributed by atoms with van der Waals surface area (Å²) in [7, 11) is 0. The highest BCUT2D eigenvalue weighted by Crippen LogP contribution is 2.24. The van der Waals surface area contributed by atoms with Crippen molar-refractivity contribution in [2.75, 3.05) is 12.0 Å². The predicted molar refractivity (Wildman–Crippen MR) is 116 cm³/mol. The van der Waals surface area contributed by atoms with E-state index in [9.17, 15) is 4.79 Å². The van der Waals surface area contributed by atoms with E-state index in [2.05, 4.69) is 25.7 Å². The summed E-state index contributed by atoms with van der Waals surface area (Å²) in [5, 5.41) is 11.5. The molecule has 0 saturated carbocycles. The lowest BCUT2D eigenvalue weighted by Gasteiger charge is -2.02. The molecule has 146 valence electrons. The Hall–Kier alpha value is -3.04. The van der Waals surface area contributed by atoms with Crippen LogP contribution in [0.1, 0.15) is 5.56 Å². The Bertz CT molecular complexity index is 1120. The lowest BCUT2D eigenvalue weighted by atomic mass is 10.1. The van der Waals surface area contributed by atoms with Crippen LogP contribution in [-0.2, 0) is 4.79 Å². The highest BCUT2D eigenvalue weighted by Gasteiger charge is 2.09. The summed E-state index contributed by atoms with van der Waals surface area (Å²) in [4.78, 5) is 17.6. The highest BCUT2D eigenvalue weighted by atomic mass is 32.2. The molecule has 29 heavy (non-hydrogen) atoms. The van der Waals surface area contributed by atoms with Gasteiger partial charge in [0, 0.05) is 16.0 Å². The zero-order valence-electron chi connectivity index (χ0n) is 15.5. The molecule has 1 amide bonds. The average Bonchev–Trinajstić information content (AvgIpc) is 3.39. The van der Waals surface area contributed by atoms with Crippen LogP contribution in [0.15, 0.2) is 74.4 Å². The number of amides is 1. The number of para-hydroxylation sites is 2. The monoisotopic (exact) mass is 423 g/mol. The number of aromatic amines is 1. The van der Waals surface area contributed by atoms with Gasteiger partial charge in [0.1, 0.15) is 5.52 Å². The maximum absolute atomic E-state index is 12.0. The third-order valence-corrected chi connectivity index (χ3v) is 5.61. The molecule has 0 aliphatic carbocycles. The lowest BCUT2D eigenvalue weighted by Crippen LogP contribution is -2.19. The molecule has 0 bridgehead atoms. The van der Waals surface area contributed by atoms with Gasteiger partial charge in [0.2, 0.25) is 0 Å². The molecule has 2 N–H and O–H groups in total. The molecule has 4 aromatic rings. The number of carbonyl (C=O) groups excluding carboxylic acids is 1. The van der Waals surface area contributed by atoms with Crippen molar-refractivity contribution in [2.24, 2.45) is 5.10 Å². The molecule has 2 heterocycles. The van der Waals surface area contributed by atoms with E-state index in [0.29, 0.717) is 10.8 Å². The van der Waals surface area contributed by atoms with Gasteiger partial charge in [0.15, 0.2) is 5.58 Å². The van der Waals surface area contributed by atoms with Crippen molar-refractivity contribution in [3.05, 3.63) is 60.3 Å². The van der Waals surface area contributed by atoms with Gasteiger partial charge in [-0.25, -0.2) is 10.4 Å². The van der Waals surface area contributed by atoms with Gasteiger partial charge in [-0.3, -0.25) is 9.89 Å². The summed E-state index contributed by atoms with van der Waals surface area (Å²) in [6, 6.07) is 15.6. The second-order valence-corrected chi connectivity index (χ2v) is 7.76. The Balaban J connectivity index is 1.34. The van der Waals surface area contributed by atoms with Gasteiger partial charge in [0.25, 0.3) is 11.1 Å². The van der Waals surface area contributed by atoms with E-state index < -0.39 is 0 Å². The van der Waals surface area contributed by atoms with E-state index in [0.717, 1.165) is 22.3 Å². The molecule has 4 rings (SSSR count). The number of thioether (sulfide) groups is 2. The van der Waals surface area contributed by atoms with Crippen LogP contribution in [0.5, 0.6) is 0 Å². The molecule has 0 spiro atoms. The fourth-order valence-electron chi connectivity index (χ4n) is 2.63. The summed E-state index contributed by atoms with van der Waals surface area (Å²) in [5.41, 5.74) is 6.62. The van der Waals surface area contributed by atoms with E-state index in [1.54, 1.807) is 24.2 Å². The van der Waals surface area contributed by atoms with E-state index in [4.69, 9.17) is 4.42 Å². The molecule has 9 heteroatoms. The molecule has 7 nitrogen and oxygen atoms in total. The quantitative estimate of drug-likeness (QED) is 0.263. The number of fused-ring (bicyclic) bond motifs is 1. The maximum atomic E-state index is 12.0. The molecule has 2 aromatic carbocycles. The number of carbonyl (C=O) groups is 1. The smallest absolute Gasteiger partial charge is 0.257 e. The summed E-state index contributed by atoms with van der Waals surface area (Å²) < 4.78 is 5.58. The number of benzene rings is 2. The maximum Gasteiger partial charge on any atom is 0.257 e. The van der Waals surface area contributed by atoms with E-state index >= 15 is 0 Å². The third-order valence-electron chi connectivity index (χ3n) is 4.04. The molecule has 0 aliphatic rings. The Labute approximate surface area is 175 Å². The average molecular weight is 424 g/mol. The standard InChI is InChI=1S/C20H17N5O2S2/c1-28-15-8-6-13(7-9-15)19-14(11-22-25-19)10-21-24-18(26)12-29-20-23-16-4-2-3-5-17(16)27-20/h2-11H,12H2,1H3,(H,22,25)(H,24,26)/b21-10+. The van der Waals surface area contributed by atoms with Gasteiger partial charge in [-0.1, -0.05) is 36.0 Å². The second kappa shape index (κ2) is 8.97. The molecule has 0 unspecified atom stereocenters. The summed E-state index contributed by atoms with van der Waals surface area (Å²) in [6.45, 7) is 0. The zero-order chi connectivity index (χ0) is 20.1. The highest BCUT2D eigenvalue weighted by molar-refractivity contribution is 7.99. The predicted octanol–water partition coefficient (Wildman–Crippen LogP) is 4.18. The van der Waals surface area contributed by atoms with Gasteiger partial charge in [-0.05, 0) is 30.5 Å². The normalized spacial score (nSPS) is 11.3. The van der Waals surface area contributed by atoms with E-state index in [1.165, 1.54) is 16.7 Å². The Kier molecular flexibility index (Phi) is 5.97. The number of hydrogen-bond donors (Lipinski definition) is 2. The molecule has 0 atom stereocenters. The van der Waals surface area contributed by atoms with E-state index in [-0.39, 0.29) is 11.7 Å².